The molecule has 0 atom stereocenters. The molecule has 1 aromatic carbocycles. The lowest BCUT2D eigenvalue weighted by molar-refractivity contribution is 0.104. The number of halogens is 2. The van der Waals surface area contributed by atoms with Crippen LogP contribution in [0.4, 0.5) is 0 Å². The van der Waals surface area contributed by atoms with E-state index in [-0.39, 0.29) is 5.78 Å². The molecule has 0 fully saturated rings. The van der Waals surface area contributed by atoms with Crippen LogP contribution in [0.1, 0.15) is 10.4 Å². The summed E-state index contributed by atoms with van der Waals surface area (Å²) in [5.74, 6) is -0.174. The van der Waals surface area contributed by atoms with Gasteiger partial charge in [0.2, 0.25) is 0 Å². The molecule has 12 heavy (non-hydrogen) atoms. The lowest BCUT2D eigenvalue weighted by atomic mass is 10.1. The maximum absolute atomic E-state index is 11.2. The first-order valence-corrected chi connectivity index (χ1v) is 4.44. The van der Waals surface area contributed by atoms with Crippen molar-refractivity contribution >= 4 is 33.3 Å². The minimum Gasteiger partial charge on any atom is -0.289 e. The van der Waals surface area contributed by atoms with E-state index in [9.17, 15) is 4.79 Å². The summed E-state index contributed by atoms with van der Waals surface area (Å²) in [5.41, 5.74) is 0.467. The smallest absolute Gasteiger partial charge is 0.187 e. The highest BCUT2D eigenvalue weighted by Crippen LogP contribution is 2.25. The van der Waals surface area contributed by atoms with E-state index in [1.54, 1.807) is 18.2 Å². The van der Waals surface area contributed by atoms with E-state index in [1.807, 2.05) is 0 Å². The van der Waals surface area contributed by atoms with Crippen LogP contribution in [-0.4, -0.2) is 5.78 Å². The van der Waals surface area contributed by atoms with Gasteiger partial charge < -0.3 is 0 Å². The van der Waals surface area contributed by atoms with Crippen LogP contribution in [0.2, 0.25) is 5.02 Å². The Hall–Kier alpha value is -0.600. The number of ketones is 1. The highest BCUT2D eigenvalue weighted by Gasteiger charge is 2.09. The Labute approximate surface area is 84.2 Å². The van der Waals surface area contributed by atoms with Gasteiger partial charge >= 0.3 is 0 Å². The van der Waals surface area contributed by atoms with Crippen LogP contribution in [-0.2, 0) is 0 Å². The third-order valence-corrected chi connectivity index (χ3v) is 2.37. The van der Waals surface area contributed by atoms with Gasteiger partial charge in [0, 0.05) is 4.47 Å². The van der Waals surface area contributed by atoms with Crippen molar-refractivity contribution in [3.63, 3.8) is 0 Å². The van der Waals surface area contributed by atoms with Crippen LogP contribution in [0.15, 0.2) is 35.3 Å². The van der Waals surface area contributed by atoms with Crippen LogP contribution in [0, 0.1) is 0 Å². The molecule has 3 heteroatoms. The molecule has 0 radical (unpaired) electrons. The summed E-state index contributed by atoms with van der Waals surface area (Å²) in [5, 5.41) is 0.439. The average molecular weight is 246 g/mol. The Morgan fingerprint density at radius 2 is 2.25 bits per heavy atom. The van der Waals surface area contributed by atoms with Crippen LogP contribution in [0.25, 0.3) is 0 Å². The van der Waals surface area contributed by atoms with Crippen molar-refractivity contribution in [2.24, 2.45) is 0 Å². The summed E-state index contributed by atoms with van der Waals surface area (Å²) in [6.07, 6.45) is 1.24. The third kappa shape index (κ3) is 1.76. The van der Waals surface area contributed by atoms with Gasteiger partial charge in [0.05, 0.1) is 10.6 Å². The zero-order chi connectivity index (χ0) is 9.14. The fourth-order valence-corrected chi connectivity index (χ4v) is 1.78. The van der Waals surface area contributed by atoms with E-state index >= 15 is 0 Å². The Morgan fingerprint density at radius 1 is 1.58 bits per heavy atom. The molecule has 62 valence electrons. The highest BCUT2D eigenvalue weighted by molar-refractivity contribution is 9.10. The highest BCUT2D eigenvalue weighted by atomic mass is 79.9. The molecule has 0 heterocycles. The summed E-state index contributed by atoms with van der Waals surface area (Å²) >= 11 is 9.04. The van der Waals surface area contributed by atoms with Crippen LogP contribution in [0.5, 0.6) is 0 Å². The maximum Gasteiger partial charge on any atom is 0.187 e. The number of carbonyl (C=O) groups excluding carboxylic acids is 1. The van der Waals surface area contributed by atoms with E-state index in [0.717, 1.165) is 0 Å². The zero-order valence-electron chi connectivity index (χ0n) is 6.18. The quantitative estimate of drug-likeness (QED) is 0.576. The number of hydrogen-bond donors (Lipinski definition) is 0. The van der Waals surface area contributed by atoms with Gasteiger partial charge in [0.25, 0.3) is 0 Å². The normalized spacial score (nSPS) is 9.50. The molecule has 0 N–H and O–H groups in total. The third-order valence-electron chi connectivity index (χ3n) is 1.39. The van der Waals surface area contributed by atoms with E-state index in [0.29, 0.717) is 15.1 Å². The second-order valence-corrected chi connectivity index (χ2v) is 3.43. The van der Waals surface area contributed by atoms with Crippen molar-refractivity contribution in [3.8, 4) is 0 Å². The number of hydrogen-bond acceptors (Lipinski definition) is 1. The lowest BCUT2D eigenvalue weighted by Crippen LogP contribution is -1.95. The first-order valence-electron chi connectivity index (χ1n) is 3.27. The molecule has 1 nitrogen and oxygen atoms in total. The molecule has 0 unspecified atom stereocenters. The summed E-state index contributed by atoms with van der Waals surface area (Å²) in [7, 11) is 0. The Bertz CT molecular complexity index is 313. The molecular formula is C9H6BrClO. The second kappa shape index (κ2) is 3.87. The predicted octanol–water partition coefficient (Wildman–Crippen LogP) is 3.47. The van der Waals surface area contributed by atoms with Crippen LogP contribution < -0.4 is 0 Å². The Morgan fingerprint density at radius 3 is 2.75 bits per heavy atom. The molecule has 0 bridgehead atoms. The number of benzene rings is 1. The molecule has 0 saturated carbocycles. The first kappa shape index (κ1) is 9.49. The molecule has 1 aromatic rings. The van der Waals surface area contributed by atoms with Crippen molar-refractivity contribution in [3.05, 3.63) is 45.9 Å². The SMILES string of the molecule is C=CC(=O)c1c(Cl)cccc1Br. The van der Waals surface area contributed by atoms with Crippen molar-refractivity contribution in [2.75, 3.05) is 0 Å². The van der Waals surface area contributed by atoms with Gasteiger partial charge in [0.15, 0.2) is 5.78 Å². The molecule has 0 aromatic heterocycles. The van der Waals surface area contributed by atoms with E-state index < -0.39 is 0 Å². The summed E-state index contributed by atoms with van der Waals surface area (Å²) in [6, 6.07) is 5.21. The molecular weight excluding hydrogens is 239 g/mol. The van der Waals surface area contributed by atoms with Gasteiger partial charge in [-0.15, -0.1) is 0 Å². The van der Waals surface area contributed by atoms with E-state index in [2.05, 4.69) is 22.5 Å². The zero-order valence-corrected chi connectivity index (χ0v) is 8.52. The second-order valence-electron chi connectivity index (χ2n) is 2.17. The largest absolute Gasteiger partial charge is 0.289 e. The molecule has 0 spiro atoms. The molecule has 0 saturated heterocycles. The number of rotatable bonds is 2. The van der Waals surface area contributed by atoms with Gasteiger partial charge in [-0.1, -0.05) is 24.2 Å². The van der Waals surface area contributed by atoms with Crippen LogP contribution in [0.3, 0.4) is 0 Å². The van der Waals surface area contributed by atoms with E-state index in [4.69, 9.17) is 11.6 Å². The molecule has 0 aliphatic heterocycles. The van der Waals surface area contributed by atoms with Crippen molar-refractivity contribution in [1.29, 1.82) is 0 Å². The van der Waals surface area contributed by atoms with Gasteiger partial charge in [-0.3, -0.25) is 4.79 Å². The van der Waals surface area contributed by atoms with Crippen molar-refractivity contribution in [2.45, 2.75) is 0 Å². The summed E-state index contributed by atoms with van der Waals surface area (Å²) in [6.45, 7) is 3.39. The summed E-state index contributed by atoms with van der Waals surface area (Å²) < 4.78 is 0.694. The predicted molar refractivity (Wildman–Crippen MR) is 53.7 cm³/mol. The Kier molecular flexibility index (Phi) is 3.06. The van der Waals surface area contributed by atoms with Gasteiger partial charge in [-0.25, -0.2) is 0 Å². The van der Waals surface area contributed by atoms with Gasteiger partial charge in [-0.05, 0) is 34.1 Å². The average Bonchev–Trinajstić information content (AvgIpc) is 2.03. The molecule has 1 rings (SSSR count). The molecule has 0 aliphatic rings. The van der Waals surface area contributed by atoms with Gasteiger partial charge in [0.1, 0.15) is 0 Å². The molecule has 0 aliphatic carbocycles. The minimum absolute atomic E-state index is 0.174. The number of allylic oxidation sites excluding steroid dienone is 1. The van der Waals surface area contributed by atoms with Crippen molar-refractivity contribution < 1.29 is 4.79 Å². The fourth-order valence-electron chi connectivity index (χ4n) is 0.835. The lowest BCUT2D eigenvalue weighted by Gasteiger charge is -2.01. The molecule has 0 amide bonds. The minimum atomic E-state index is -0.174. The number of carbonyl (C=O) groups is 1. The van der Waals surface area contributed by atoms with E-state index in [1.165, 1.54) is 6.08 Å². The summed E-state index contributed by atoms with van der Waals surface area (Å²) in [4.78, 5) is 11.2. The first-order chi connectivity index (χ1) is 5.66. The fraction of sp³-hybridized carbons (Fsp3) is 0. The maximum atomic E-state index is 11.2. The van der Waals surface area contributed by atoms with Crippen molar-refractivity contribution in [1.82, 2.24) is 0 Å². The topological polar surface area (TPSA) is 17.1 Å². The monoisotopic (exact) mass is 244 g/mol. The van der Waals surface area contributed by atoms with Crippen LogP contribution >= 0.6 is 27.5 Å². The standard InChI is InChI=1S/C9H6BrClO/c1-2-8(12)9-6(10)4-3-5-7(9)11/h2-5H,1H2. The van der Waals surface area contributed by atoms with Gasteiger partial charge in [-0.2, -0.15) is 0 Å². The Balaban J connectivity index is 3.30.